The summed E-state index contributed by atoms with van der Waals surface area (Å²) in [6, 6.07) is 0. The van der Waals surface area contributed by atoms with Crippen molar-refractivity contribution in [3.8, 4) is 0 Å². The zero-order chi connectivity index (χ0) is 12.0. The van der Waals surface area contributed by atoms with Gasteiger partial charge in [0, 0.05) is 12.4 Å². The van der Waals surface area contributed by atoms with E-state index in [9.17, 15) is 0 Å². The Morgan fingerprint density at radius 2 is 2.00 bits per heavy atom. The van der Waals surface area contributed by atoms with Gasteiger partial charge in [-0.2, -0.15) is 0 Å². The van der Waals surface area contributed by atoms with E-state index in [0.29, 0.717) is 13.0 Å². The first-order valence-electron chi connectivity index (χ1n) is 4.55. The Labute approximate surface area is 87.1 Å². The van der Waals surface area contributed by atoms with Crippen LogP contribution in [0.5, 0.6) is 0 Å². The van der Waals surface area contributed by atoms with Crippen LogP contribution in [-0.4, -0.2) is 52.4 Å². The molecule has 90 valence electrons. The first-order chi connectivity index (χ1) is 6.88. The third kappa shape index (κ3) is 5.65. The molecule has 1 fully saturated rings. The molecule has 15 heavy (non-hydrogen) atoms. The molecule has 6 N–H and O–H groups in total. The number of hydrogen-bond donors (Lipinski definition) is 4. The van der Waals surface area contributed by atoms with E-state index in [-0.39, 0.29) is 6.10 Å². The molecule has 2 unspecified atom stereocenters. The second kappa shape index (κ2) is 6.70. The lowest BCUT2D eigenvalue weighted by molar-refractivity contribution is -0.402. The smallest absolute Gasteiger partial charge is 0.184 e. The van der Waals surface area contributed by atoms with Crippen molar-refractivity contribution in [2.75, 3.05) is 6.54 Å². The Balaban J connectivity index is 0.000000423. The number of rotatable bonds is 1. The Hall–Kier alpha value is -0.730. The molecular formula is C8H17NO6. The normalized spacial score (nSPS) is 35.3. The van der Waals surface area contributed by atoms with Gasteiger partial charge in [-0.1, -0.05) is 0 Å². The van der Waals surface area contributed by atoms with Crippen molar-refractivity contribution in [2.24, 2.45) is 0 Å². The zero-order valence-electron chi connectivity index (χ0n) is 8.50. The van der Waals surface area contributed by atoms with Crippen LogP contribution in [0.25, 0.3) is 0 Å². The summed E-state index contributed by atoms with van der Waals surface area (Å²) in [6.45, 7) is 1.46. The van der Waals surface area contributed by atoms with Crippen molar-refractivity contribution in [3.63, 3.8) is 0 Å². The summed E-state index contributed by atoms with van der Waals surface area (Å²) in [5, 5.41) is 36.0. The summed E-state index contributed by atoms with van der Waals surface area (Å²) < 4.78 is 4.90. The number of aliphatic carboxylic acids is 1. The first kappa shape index (κ1) is 14.3. The second-order valence-corrected chi connectivity index (χ2v) is 3.22. The van der Waals surface area contributed by atoms with Gasteiger partial charge in [0.25, 0.3) is 0 Å². The van der Waals surface area contributed by atoms with Crippen molar-refractivity contribution in [2.45, 2.75) is 37.9 Å². The Morgan fingerprint density at radius 1 is 1.53 bits per heavy atom. The lowest BCUT2D eigenvalue weighted by atomic mass is 10.0. The summed E-state index contributed by atoms with van der Waals surface area (Å²) in [5.74, 6) is -1.08. The monoisotopic (exact) mass is 223 g/mol. The topological polar surface area (TPSA) is 138 Å². The molecule has 0 aromatic carbocycles. The van der Waals surface area contributed by atoms with Crippen molar-refractivity contribution >= 4 is 5.97 Å². The van der Waals surface area contributed by atoms with E-state index in [1.807, 2.05) is 0 Å². The fourth-order valence-electron chi connectivity index (χ4n) is 1.12. The molecule has 0 aliphatic carbocycles. The molecule has 0 amide bonds. The van der Waals surface area contributed by atoms with Crippen molar-refractivity contribution in [1.82, 2.24) is 0 Å². The van der Waals surface area contributed by atoms with Gasteiger partial charge in [-0.25, -0.2) is 0 Å². The number of carbonyl (C=O) groups is 1. The molecule has 1 saturated heterocycles. The number of aliphatic hydroxyl groups excluding tert-OH is 3. The summed E-state index contributed by atoms with van der Waals surface area (Å²) in [7, 11) is 0. The lowest BCUT2D eigenvalue weighted by Gasteiger charge is -2.32. The molecular weight excluding hydrogens is 206 g/mol. The maximum atomic E-state index is 9.13. The predicted molar refractivity (Wildman–Crippen MR) is 45.9 cm³/mol. The zero-order valence-corrected chi connectivity index (χ0v) is 8.50. The van der Waals surface area contributed by atoms with Gasteiger partial charge in [0.1, 0.15) is 18.8 Å². The van der Waals surface area contributed by atoms with Crippen LogP contribution < -0.4 is 10.8 Å². The molecule has 1 rings (SSSR count). The molecule has 0 spiro atoms. The van der Waals surface area contributed by atoms with Crippen LogP contribution in [0.15, 0.2) is 0 Å². The maximum absolute atomic E-state index is 9.13. The highest BCUT2D eigenvalue weighted by atomic mass is 16.6. The van der Waals surface area contributed by atoms with E-state index < -0.39 is 24.5 Å². The average molecular weight is 223 g/mol. The summed E-state index contributed by atoms with van der Waals surface area (Å²) in [6.07, 6.45) is -3.26. The highest BCUT2D eigenvalue weighted by molar-refractivity contribution is 5.60. The number of ether oxygens (including phenoxy) is 1. The predicted octanol–water partition coefficient (Wildman–Crippen LogP) is -4.19. The van der Waals surface area contributed by atoms with Crippen LogP contribution in [0.1, 0.15) is 13.3 Å². The quantitative estimate of drug-likeness (QED) is 0.356. The fourth-order valence-corrected chi connectivity index (χ4v) is 1.12. The van der Waals surface area contributed by atoms with E-state index in [0.717, 1.165) is 6.92 Å². The molecule has 1 heterocycles. The van der Waals surface area contributed by atoms with E-state index in [1.54, 1.807) is 0 Å². The van der Waals surface area contributed by atoms with Gasteiger partial charge in [0.05, 0.1) is 6.10 Å². The van der Waals surface area contributed by atoms with Gasteiger partial charge in [-0.15, -0.1) is 0 Å². The molecule has 0 bridgehead atoms. The Kier molecular flexibility index (Phi) is 6.37. The standard InChI is InChI=1S/C6H13NO4.C2H4O2/c7-2-3-1-4(8)5(9)6(10)11-3;1-2(3)4/h3-6,8-10H,1-2,7H2;1H3,(H,3,4)/t3?,4-,5?,6-;/m0./s1. The third-order valence-electron chi connectivity index (χ3n) is 1.84. The van der Waals surface area contributed by atoms with Crippen LogP contribution in [0.4, 0.5) is 0 Å². The second-order valence-electron chi connectivity index (χ2n) is 3.22. The van der Waals surface area contributed by atoms with Crippen molar-refractivity contribution < 1.29 is 35.7 Å². The van der Waals surface area contributed by atoms with Crippen LogP contribution >= 0.6 is 0 Å². The van der Waals surface area contributed by atoms with Crippen LogP contribution in [0.2, 0.25) is 0 Å². The average Bonchev–Trinajstić information content (AvgIpc) is 2.12. The number of hydrogen-bond acceptors (Lipinski definition) is 6. The third-order valence-corrected chi connectivity index (χ3v) is 1.84. The summed E-state index contributed by atoms with van der Waals surface area (Å²) >= 11 is 0. The molecule has 0 saturated carbocycles. The van der Waals surface area contributed by atoms with Gasteiger partial charge < -0.3 is 35.7 Å². The minimum absolute atomic E-state index is 0.247. The van der Waals surface area contributed by atoms with E-state index >= 15 is 0 Å². The highest BCUT2D eigenvalue weighted by Gasteiger charge is 2.35. The molecule has 1 aliphatic rings. The van der Waals surface area contributed by atoms with E-state index in [2.05, 4.69) is 5.73 Å². The minimum Gasteiger partial charge on any atom is -0.550 e. The summed E-state index contributed by atoms with van der Waals surface area (Å²) in [4.78, 5) is 8.89. The Morgan fingerprint density at radius 3 is 2.33 bits per heavy atom. The van der Waals surface area contributed by atoms with E-state index in [1.165, 1.54) is 0 Å². The molecule has 1 aliphatic heterocycles. The fraction of sp³-hybridized carbons (Fsp3) is 0.875. The number of quaternary nitrogens is 1. The SMILES string of the molecule is CC(=O)[O-].[NH3+]CC1C[C@H](O)C(O)[C@@H](O)O1. The Bertz CT molecular complexity index is 184. The van der Waals surface area contributed by atoms with Crippen molar-refractivity contribution in [3.05, 3.63) is 0 Å². The number of carboxylic acid groups (broad SMARTS) is 1. The van der Waals surface area contributed by atoms with Gasteiger partial charge in [-0.05, 0) is 6.92 Å². The van der Waals surface area contributed by atoms with Crippen molar-refractivity contribution in [1.29, 1.82) is 0 Å². The minimum atomic E-state index is -1.27. The lowest BCUT2D eigenvalue weighted by Crippen LogP contribution is -2.60. The van der Waals surface area contributed by atoms with Gasteiger partial charge >= 0.3 is 0 Å². The summed E-state index contributed by atoms with van der Waals surface area (Å²) in [5.41, 5.74) is 3.57. The molecule has 0 radical (unpaired) electrons. The number of aliphatic hydroxyl groups is 3. The van der Waals surface area contributed by atoms with Crippen LogP contribution in [0, 0.1) is 0 Å². The molecule has 0 aromatic rings. The van der Waals surface area contributed by atoms with Crippen LogP contribution in [0.3, 0.4) is 0 Å². The van der Waals surface area contributed by atoms with Gasteiger partial charge in [-0.3, -0.25) is 0 Å². The molecule has 7 nitrogen and oxygen atoms in total. The van der Waals surface area contributed by atoms with Gasteiger partial charge in [0.15, 0.2) is 6.29 Å². The van der Waals surface area contributed by atoms with Crippen LogP contribution in [-0.2, 0) is 9.53 Å². The van der Waals surface area contributed by atoms with E-state index in [4.69, 9.17) is 30.0 Å². The molecule has 0 aromatic heterocycles. The van der Waals surface area contributed by atoms with Gasteiger partial charge in [0.2, 0.25) is 0 Å². The maximum Gasteiger partial charge on any atom is 0.184 e. The number of carbonyl (C=O) groups excluding carboxylic acids is 1. The number of carboxylic acids is 1. The highest BCUT2D eigenvalue weighted by Crippen LogP contribution is 2.17. The largest absolute Gasteiger partial charge is 0.550 e. The molecule has 7 heteroatoms. The first-order valence-corrected chi connectivity index (χ1v) is 4.55. The molecule has 4 atom stereocenters.